The minimum absolute atomic E-state index is 0.0745. The molecular formula is C9H16O2S2. The fourth-order valence-corrected chi connectivity index (χ4v) is 3.21. The highest BCUT2D eigenvalue weighted by atomic mass is 32.2. The van der Waals surface area contributed by atoms with Crippen molar-refractivity contribution in [3.05, 3.63) is 0 Å². The molecule has 1 heterocycles. The molecule has 0 amide bonds. The summed E-state index contributed by atoms with van der Waals surface area (Å²) >= 11 is 3.60. The lowest BCUT2D eigenvalue weighted by Crippen LogP contribution is -2.29. The highest BCUT2D eigenvalue weighted by molar-refractivity contribution is 8.06. The molecule has 76 valence electrons. The summed E-state index contributed by atoms with van der Waals surface area (Å²) in [6, 6.07) is 0. The van der Waals surface area contributed by atoms with Crippen molar-refractivity contribution < 1.29 is 9.53 Å². The van der Waals surface area contributed by atoms with Crippen LogP contribution in [-0.2, 0) is 9.53 Å². The Morgan fingerprint density at radius 2 is 2.08 bits per heavy atom. The zero-order valence-electron chi connectivity index (χ0n) is 8.33. The molecule has 0 radical (unpaired) electrons. The fourth-order valence-electron chi connectivity index (χ4n) is 0.830. The third-order valence-electron chi connectivity index (χ3n) is 1.64. The van der Waals surface area contributed by atoms with E-state index in [4.69, 9.17) is 4.74 Å². The summed E-state index contributed by atoms with van der Waals surface area (Å²) in [7, 11) is 0. The van der Waals surface area contributed by atoms with Gasteiger partial charge in [-0.1, -0.05) is 0 Å². The molecule has 4 heteroatoms. The van der Waals surface area contributed by atoms with Crippen LogP contribution in [0.15, 0.2) is 0 Å². The maximum atomic E-state index is 11.5. The Hall–Kier alpha value is 0.170. The molecule has 2 nitrogen and oxygen atoms in total. The second-order valence-electron chi connectivity index (χ2n) is 4.03. The molecule has 0 saturated carbocycles. The Balaban J connectivity index is 2.35. The molecule has 1 atom stereocenters. The SMILES string of the molecule is CC(C)(C)C(=O)OC1CSCCS1. The topological polar surface area (TPSA) is 26.3 Å². The van der Waals surface area contributed by atoms with E-state index in [1.807, 2.05) is 32.5 Å². The van der Waals surface area contributed by atoms with Gasteiger partial charge in [0.15, 0.2) is 5.44 Å². The van der Waals surface area contributed by atoms with Gasteiger partial charge in [0.2, 0.25) is 0 Å². The predicted octanol–water partition coefficient (Wildman–Crippen LogP) is 2.38. The molecule has 0 aromatic heterocycles. The Morgan fingerprint density at radius 3 is 2.54 bits per heavy atom. The molecule has 1 fully saturated rings. The number of esters is 1. The van der Waals surface area contributed by atoms with Crippen LogP contribution in [0.25, 0.3) is 0 Å². The van der Waals surface area contributed by atoms with Crippen LogP contribution in [0.3, 0.4) is 0 Å². The smallest absolute Gasteiger partial charge is 0.312 e. The van der Waals surface area contributed by atoms with Crippen LogP contribution in [0.2, 0.25) is 0 Å². The Kier molecular flexibility index (Phi) is 3.98. The van der Waals surface area contributed by atoms with Crippen LogP contribution in [0.4, 0.5) is 0 Å². The van der Waals surface area contributed by atoms with E-state index in [0.717, 1.165) is 11.5 Å². The van der Waals surface area contributed by atoms with Crippen LogP contribution in [-0.4, -0.2) is 28.7 Å². The van der Waals surface area contributed by atoms with Crippen LogP contribution >= 0.6 is 23.5 Å². The summed E-state index contributed by atoms with van der Waals surface area (Å²) in [6.45, 7) is 5.65. The van der Waals surface area contributed by atoms with E-state index in [2.05, 4.69) is 0 Å². The molecule has 1 unspecified atom stereocenters. The molecule has 0 aromatic rings. The van der Waals surface area contributed by atoms with Gasteiger partial charge >= 0.3 is 5.97 Å². The average Bonchev–Trinajstić information content (AvgIpc) is 2.04. The summed E-state index contributed by atoms with van der Waals surface area (Å²) < 4.78 is 5.36. The van der Waals surface area contributed by atoms with E-state index in [9.17, 15) is 4.79 Å². The summed E-state index contributed by atoms with van der Waals surface area (Å²) in [4.78, 5) is 11.5. The van der Waals surface area contributed by atoms with Gasteiger partial charge in [0.05, 0.1) is 5.41 Å². The van der Waals surface area contributed by atoms with Crippen molar-refractivity contribution in [1.82, 2.24) is 0 Å². The molecule has 1 rings (SSSR count). The van der Waals surface area contributed by atoms with Crippen molar-refractivity contribution in [3.8, 4) is 0 Å². The summed E-state index contributed by atoms with van der Waals surface area (Å²) in [6.07, 6.45) is 0. The maximum absolute atomic E-state index is 11.5. The zero-order valence-corrected chi connectivity index (χ0v) is 9.96. The van der Waals surface area contributed by atoms with E-state index >= 15 is 0 Å². The Labute approximate surface area is 88.2 Å². The van der Waals surface area contributed by atoms with Crippen LogP contribution < -0.4 is 0 Å². The van der Waals surface area contributed by atoms with Gasteiger partial charge in [-0.15, -0.1) is 11.8 Å². The Morgan fingerprint density at radius 1 is 1.38 bits per heavy atom. The molecule has 0 aromatic carbocycles. The van der Waals surface area contributed by atoms with Gasteiger partial charge in [0.25, 0.3) is 0 Å². The standard InChI is InChI=1S/C9H16O2S2/c1-9(2,3)8(10)11-7-6-12-4-5-13-7/h7H,4-6H2,1-3H3. The molecule has 0 spiro atoms. The molecule has 1 aliphatic rings. The molecule has 0 aliphatic carbocycles. The first kappa shape index (κ1) is 11.2. The first-order valence-corrected chi connectivity index (χ1v) is 6.61. The first-order chi connectivity index (χ1) is 6.00. The number of carbonyl (C=O) groups excluding carboxylic acids is 1. The molecule has 0 N–H and O–H groups in total. The van der Waals surface area contributed by atoms with E-state index < -0.39 is 0 Å². The maximum Gasteiger partial charge on any atom is 0.312 e. The summed E-state index contributed by atoms with van der Waals surface area (Å²) in [5, 5.41) is 0. The van der Waals surface area contributed by atoms with Gasteiger partial charge in [-0.25, -0.2) is 0 Å². The highest BCUT2D eigenvalue weighted by Crippen LogP contribution is 2.27. The number of hydrogen-bond acceptors (Lipinski definition) is 4. The monoisotopic (exact) mass is 220 g/mol. The van der Waals surface area contributed by atoms with Gasteiger partial charge < -0.3 is 4.74 Å². The quantitative estimate of drug-likeness (QED) is 0.634. The average molecular weight is 220 g/mol. The van der Waals surface area contributed by atoms with Crippen molar-refractivity contribution >= 4 is 29.5 Å². The normalized spacial score (nSPS) is 24.1. The third kappa shape index (κ3) is 3.81. The van der Waals surface area contributed by atoms with E-state index in [1.54, 1.807) is 11.8 Å². The summed E-state index contributed by atoms with van der Waals surface area (Å²) in [5.74, 6) is 3.11. The third-order valence-corrected chi connectivity index (χ3v) is 4.21. The first-order valence-electron chi connectivity index (χ1n) is 4.40. The van der Waals surface area contributed by atoms with Crippen molar-refractivity contribution in [3.63, 3.8) is 0 Å². The van der Waals surface area contributed by atoms with Crippen LogP contribution in [0.1, 0.15) is 20.8 Å². The number of thioether (sulfide) groups is 2. The van der Waals surface area contributed by atoms with E-state index in [1.165, 1.54) is 5.75 Å². The fraction of sp³-hybridized carbons (Fsp3) is 0.889. The predicted molar refractivity (Wildman–Crippen MR) is 59.1 cm³/mol. The minimum Gasteiger partial charge on any atom is -0.450 e. The number of hydrogen-bond donors (Lipinski definition) is 0. The van der Waals surface area contributed by atoms with Crippen molar-refractivity contribution in [2.45, 2.75) is 26.2 Å². The number of carbonyl (C=O) groups is 1. The molecular weight excluding hydrogens is 204 g/mol. The van der Waals surface area contributed by atoms with Crippen LogP contribution in [0, 0.1) is 5.41 Å². The highest BCUT2D eigenvalue weighted by Gasteiger charge is 2.27. The van der Waals surface area contributed by atoms with Gasteiger partial charge in [0.1, 0.15) is 0 Å². The Bertz CT molecular complexity index is 181. The van der Waals surface area contributed by atoms with Gasteiger partial charge in [0, 0.05) is 17.3 Å². The lowest BCUT2D eigenvalue weighted by molar-refractivity contribution is -0.153. The zero-order chi connectivity index (χ0) is 9.90. The van der Waals surface area contributed by atoms with Gasteiger partial charge in [-0.05, 0) is 20.8 Å². The minimum atomic E-state index is -0.372. The lowest BCUT2D eigenvalue weighted by atomic mass is 9.97. The van der Waals surface area contributed by atoms with Gasteiger partial charge in [-0.2, -0.15) is 11.8 Å². The lowest BCUT2D eigenvalue weighted by Gasteiger charge is -2.25. The molecule has 13 heavy (non-hydrogen) atoms. The number of rotatable bonds is 1. The second kappa shape index (κ2) is 4.60. The second-order valence-corrected chi connectivity index (χ2v) is 6.45. The number of ether oxygens (including phenoxy) is 1. The molecule has 0 bridgehead atoms. The van der Waals surface area contributed by atoms with Crippen LogP contribution in [0.5, 0.6) is 0 Å². The van der Waals surface area contributed by atoms with Gasteiger partial charge in [-0.3, -0.25) is 4.79 Å². The largest absolute Gasteiger partial charge is 0.450 e. The molecule has 1 saturated heterocycles. The van der Waals surface area contributed by atoms with E-state index in [-0.39, 0.29) is 16.8 Å². The van der Waals surface area contributed by atoms with Crippen molar-refractivity contribution in [2.75, 3.05) is 17.3 Å². The van der Waals surface area contributed by atoms with Crippen molar-refractivity contribution in [2.24, 2.45) is 5.41 Å². The summed E-state index contributed by atoms with van der Waals surface area (Å²) in [5.41, 5.74) is -0.298. The molecule has 1 aliphatic heterocycles. The van der Waals surface area contributed by atoms with Crippen molar-refractivity contribution in [1.29, 1.82) is 0 Å². The van der Waals surface area contributed by atoms with E-state index in [0.29, 0.717) is 0 Å².